The fourth-order valence-electron chi connectivity index (χ4n) is 1.62. The van der Waals surface area contributed by atoms with Crippen LogP contribution in [0.2, 0.25) is 0 Å². The highest BCUT2D eigenvalue weighted by Crippen LogP contribution is 2.10. The van der Waals surface area contributed by atoms with Gasteiger partial charge in [0.1, 0.15) is 0 Å². The monoisotopic (exact) mass is 304 g/mol. The summed E-state index contributed by atoms with van der Waals surface area (Å²) in [5, 5.41) is 0.585. The van der Waals surface area contributed by atoms with Crippen molar-refractivity contribution in [1.29, 1.82) is 0 Å². The number of esters is 1. The first-order valence-corrected chi connectivity index (χ1v) is 7.80. The van der Waals surface area contributed by atoms with Gasteiger partial charge in [-0.1, -0.05) is 61.0 Å². The van der Waals surface area contributed by atoms with Gasteiger partial charge in [0.25, 0.3) is 0 Å². The molecule has 0 radical (unpaired) electrons. The zero-order valence-corrected chi connectivity index (χ0v) is 12.7. The zero-order valence-electron chi connectivity index (χ0n) is 11.1. The Bertz CT molecular complexity index is 224. The molecule has 0 rings (SSSR count). The molecule has 0 aromatic rings. The van der Waals surface area contributed by atoms with E-state index in [1.807, 2.05) is 13.0 Å². The lowest BCUT2D eigenvalue weighted by molar-refractivity contribution is -0.138. The van der Waals surface area contributed by atoms with Gasteiger partial charge in [-0.05, 0) is 19.8 Å². The third-order valence-corrected chi connectivity index (χ3v) is 3.23. The van der Waals surface area contributed by atoms with E-state index in [2.05, 4.69) is 22.9 Å². The van der Waals surface area contributed by atoms with Gasteiger partial charge >= 0.3 is 5.97 Å². The lowest BCUT2D eigenvalue weighted by atomic mass is 10.1. The molecule has 0 saturated carbocycles. The second-order valence-corrected chi connectivity index (χ2v) is 4.70. The molecule has 0 aliphatic carbocycles. The Morgan fingerprint density at radius 3 is 2.35 bits per heavy atom. The third kappa shape index (κ3) is 9.40. The van der Waals surface area contributed by atoms with Crippen LogP contribution in [0.4, 0.5) is 0 Å². The van der Waals surface area contributed by atoms with Crippen molar-refractivity contribution in [3.8, 4) is 0 Å². The van der Waals surface area contributed by atoms with Crippen LogP contribution in [0.25, 0.3) is 0 Å². The van der Waals surface area contributed by atoms with Crippen LogP contribution in [0, 0.1) is 0 Å². The van der Waals surface area contributed by atoms with Crippen molar-refractivity contribution in [3.63, 3.8) is 0 Å². The van der Waals surface area contributed by atoms with E-state index in [0.29, 0.717) is 11.9 Å². The predicted octanol–water partition coefficient (Wildman–Crippen LogP) is 4.62. The number of hydrogen-bond donors (Lipinski definition) is 0. The summed E-state index contributed by atoms with van der Waals surface area (Å²) in [7, 11) is 0. The number of halogens is 1. The summed E-state index contributed by atoms with van der Waals surface area (Å²) < 4.78 is 4.97. The molecule has 0 fully saturated rings. The van der Waals surface area contributed by atoms with E-state index in [-0.39, 0.29) is 5.97 Å². The summed E-state index contributed by atoms with van der Waals surface area (Å²) in [4.78, 5) is 11.5. The molecule has 0 aliphatic heterocycles. The molecule has 0 amide bonds. The molecule has 0 atom stereocenters. The van der Waals surface area contributed by atoms with Gasteiger partial charge in [0.05, 0.1) is 6.61 Å². The first-order chi connectivity index (χ1) is 8.26. The minimum absolute atomic E-state index is 0.185. The highest BCUT2D eigenvalue weighted by molar-refractivity contribution is 9.09. The lowest BCUT2D eigenvalue weighted by Crippen LogP contribution is -2.08. The minimum Gasteiger partial charge on any atom is -0.463 e. The zero-order chi connectivity index (χ0) is 12.9. The first kappa shape index (κ1) is 16.7. The minimum atomic E-state index is -0.185. The fraction of sp³-hybridized carbons (Fsp3) is 0.786. The van der Waals surface area contributed by atoms with Gasteiger partial charge in [-0.3, -0.25) is 0 Å². The highest BCUT2D eigenvalue weighted by atomic mass is 79.9. The number of carbonyl (C=O) groups is 1. The molecule has 3 heteroatoms. The van der Waals surface area contributed by atoms with Crippen molar-refractivity contribution in [3.05, 3.63) is 11.6 Å². The Morgan fingerprint density at radius 2 is 1.76 bits per heavy atom. The number of ether oxygens (including phenoxy) is 1. The molecule has 0 aromatic carbocycles. The molecular formula is C14H25BrO2. The fourth-order valence-corrected chi connectivity index (χ4v) is 2.08. The summed E-state index contributed by atoms with van der Waals surface area (Å²) >= 11 is 3.32. The molecule has 0 aromatic heterocycles. The first-order valence-electron chi connectivity index (χ1n) is 6.68. The average molecular weight is 305 g/mol. The van der Waals surface area contributed by atoms with Crippen LogP contribution in [0.1, 0.15) is 58.8 Å². The van der Waals surface area contributed by atoms with E-state index in [1.165, 1.54) is 38.5 Å². The molecule has 0 bridgehead atoms. The van der Waals surface area contributed by atoms with E-state index < -0.39 is 0 Å². The third-order valence-electron chi connectivity index (χ3n) is 2.63. The van der Waals surface area contributed by atoms with Gasteiger partial charge in [-0.2, -0.15) is 0 Å². The van der Waals surface area contributed by atoms with Gasteiger partial charge in [0.2, 0.25) is 0 Å². The Morgan fingerprint density at radius 1 is 1.12 bits per heavy atom. The van der Waals surface area contributed by atoms with Gasteiger partial charge in [0, 0.05) is 10.9 Å². The number of allylic oxidation sites excluding steroid dienone is 1. The van der Waals surface area contributed by atoms with E-state index in [0.717, 1.165) is 12.0 Å². The number of carbonyl (C=O) groups excluding carboxylic acids is 1. The van der Waals surface area contributed by atoms with E-state index in [1.54, 1.807) is 0 Å². The molecule has 0 saturated heterocycles. The van der Waals surface area contributed by atoms with E-state index in [4.69, 9.17) is 4.74 Å². The number of unbranched alkanes of at least 4 members (excludes halogenated alkanes) is 6. The molecular weight excluding hydrogens is 280 g/mol. The molecule has 0 N–H and O–H groups in total. The maximum Gasteiger partial charge on any atom is 0.334 e. The number of rotatable bonds is 10. The maximum atomic E-state index is 11.5. The smallest absolute Gasteiger partial charge is 0.334 e. The van der Waals surface area contributed by atoms with E-state index >= 15 is 0 Å². The Balaban J connectivity index is 3.68. The van der Waals surface area contributed by atoms with Crippen molar-refractivity contribution in [2.75, 3.05) is 11.9 Å². The molecule has 0 unspecified atom stereocenters. The van der Waals surface area contributed by atoms with Crippen LogP contribution in [0.5, 0.6) is 0 Å². The second-order valence-electron chi connectivity index (χ2n) is 4.14. The van der Waals surface area contributed by atoms with Crippen LogP contribution in [-0.4, -0.2) is 17.9 Å². The summed E-state index contributed by atoms with van der Waals surface area (Å²) in [6.45, 7) is 4.50. The van der Waals surface area contributed by atoms with Gasteiger partial charge in [-0.25, -0.2) is 4.79 Å². The van der Waals surface area contributed by atoms with Gasteiger partial charge in [0.15, 0.2) is 0 Å². The van der Waals surface area contributed by atoms with Crippen LogP contribution in [-0.2, 0) is 9.53 Å². The average Bonchev–Trinajstić information content (AvgIpc) is 2.33. The van der Waals surface area contributed by atoms with Gasteiger partial charge < -0.3 is 4.74 Å². The second kappa shape index (κ2) is 12.2. The summed E-state index contributed by atoms with van der Waals surface area (Å²) in [6.07, 6.45) is 10.7. The highest BCUT2D eigenvalue weighted by Gasteiger charge is 2.07. The largest absolute Gasteiger partial charge is 0.463 e. The quantitative estimate of drug-likeness (QED) is 0.255. The topological polar surface area (TPSA) is 26.3 Å². The van der Waals surface area contributed by atoms with Crippen molar-refractivity contribution < 1.29 is 9.53 Å². The molecule has 0 heterocycles. The SMILES string of the molecule is CCCCCCCC/C=C(\CBr)C(=O)OCC. The lowest BCUT2D eigenvalue weighted by Gasteiger charge is -2.03. The van der Waals surface area contributed by atoms with Crippen LogP contribution >= 0.6 is 15.9 Å². The van der Waals surface area contributed by atoms with Crippen LogP contribution < -0.4 is 0 Å². The molecule has 100 valence electrons. The van der Waals surface area contributed by atoms with Crippen molar-refractivity contribution in [2.45, 2.75) is 58.8 Å². The van der Waals surface area contributed by atoms with E-state index in [9.17, 15) is 4.79 Å². The van der Waals surface area contributed by atoms with Crippen LogP contribution in [0.15, 0.2) is 11.6 Å². The Labute approximate surface area is 114 Å². The number of hydrogen-bond acceptors (Lipinski definition) is 2. The summed E-state index contributed by atoms with van der Waals surface area (Å²) in [6, 6.07) is 0. The van der Waals surface area contributed by atoms with Gasteiger partial charge in [-0.15, -0.1) is 0 Å². The molecule has 0 spiro atoms. The normalized spacial score (nSPS) is 11.6. The van der Waals surface area contributed by atoms with Crippen molar-refractivity contribution >= 4 is 21.9 Å². The van der Waals surface area contributed by atoms with Crippen molar-refractivity contribution in [2.24, 2.45) is 0 Å². The molecule has 0 aliphatic rings. The van der Waals surface area contributed by atoms with Crippen LogP contribution in [0.3, 0.4) is 0 Å². The molecule has 2 nitrogen and oxygen atoms in total. The maximum absolute atomic E-state index is 11.5. The summed E-state index contributed by atoms with van der Waals surface area (Å²) in [5.41, 5.74) is 0.750. The molecule has 17 heavy (non-hydrogen) atoms. The summed E-state index contributed by atoms with van der Waals surface area (Å²) in [5.74, 6) is -0.185. The standard InChI is InChI=1S/C14H25BrO2/c1-3-5-6-7-8-9-10-11-13(12-15)14(16)17-4-2/h11H,3-10,12H2,1-2H3/b13-11+. The predicted molar refractivity (Wildman–Crippen MR) is 76.5 cm³/mol. The van der Waals surface area contributed by atoms with Crippen molar-refractivity contribution in [1.82, 2.24) is 0 Å². The Hall–Kier alpha value is -0.310. The number of alkyl halides is 1. The Kier molecular flexibility index (Phi) is 11.9.